The lowest BCUT2D eigenvalue weighted by Gasteiger charge is -2.08. The Bertz CT molecular complexity index is 1010. The quantitative estimate of drug-likeness (QED) is 0.636. The number of fused-ring (bicyclic) bond motifs is 1. The molecule has 0 saturated heterocycles. The molecular weight excluding hydrogens is 342 g/mol. The Balaban J connectivity index is 1.50. The van der Waals surface area contributed by atoms with Gasteiger partial charge in [0.05, 0.1) is 12.7 Å². The molecule has 0 radical (unpaired) electrons. The molecule has 0 bridgehead atoms. The summed E-state index contributed by atoms with van der Waals surface area (Å²) in [5, 5.41) is 0. The van der Waals surface area contributed by atoms with Crippen LogP contribution in [0, 0.1) is 0 Å². The largest absolute Gasteiger partial charge is 0.497 e. The summed E-state index contributed by atoms with van der Waals surface area (Å²) in [6.07, 6.45) is 5.04. The number of aromatic nitrogens is 1. The number of nitrogens with zero attached hydrogens (tertiary/aromatic N) is 1. The number of hydrogen-bond donors (Lipinski definition) is 0. The van der Waals surface area contributed by atoms with Gasteiger partial charge in [-0.2, -0.15) is 0 Å². The first-order valence-corrected chi connectivity index (χ1v) is 8.47. The van der Waals surface area contributed by atoms with E-state index in [-0.39, 0.29) is 11.5 Å². The third-order valence-electron chi connectivity index (χ3n) is 4.16. The van der Waals surface area contributed by atoms with E-state index in [2.05, 4.69) is 4.98 Å². The van der Waals surface area contributed by atoms with Gasteiger partial charge in [-0.05, 0) is 47.5 Å². The molecule has 0 amide bonds. The summed E-state index contributed by atoms with van der Waals surface area (Å²) in [7, 11) is 1.63. The molecule has 0 atom stereocenters. The molecule has 27 heavy (non-hydrogen) atoms. The first-order chi connectivity index (χ1) is 13.2. The highest BCUT2D eigenvalue weighted by Crippen LogP contribution is 2.35. The van der Waals surface area contributed by atoms with Crippen LogP contribution in [0.1, 0.15) is 21.5 Å². The highest BCUT2D eigenvalue weighted by Gasteiger charge is 2.27. The van der Waals surface area contributed by atoms with Gasteiger partial charge >= 0.3 is 0 Å². The van der Waals surface area contributed by atoms with E-state index in [9.17, 15) is 4.79 Å². The molecule has 0 unspecified atom stereocenters. The number of carbonyl (C=O) groups is 1. The second-order valence-corrected chi connectivity index (χ2v) is 6.02. The van der Waals surface area contributed by atoms with E-state index >= 15 is 0 Å². The number of ether oxygens (including phenoxy) is 3. The van der Waals surface area contributed by atoms with Crippen molar-refractivity contribution in [2.75, 3.05) is 7.11 Å². The summed E-state index contributed by atoms with van der Waals surface area (Å²) < 4.78 is 16.8. The van der Waals surface area contributed by atoms with E-state index in [0.717, 1.165) is 16.9 Å². The second-order valence-electron chi connectivity index (χ2n) is 6.02. The molecule has 5 nitrogen and oxygen atoms in total. The Morgan fingerprint density at radius 2 is 2.00 bits per heavy atom. The van der Waals surface area contributed by atoms with Gasteiger partial charge < -0.3 is 14.2 Å². The molecule has 2 aromatic carbocycles. The average Bonchev–Trinajstić information content (AvgIpc) is 3.02. The summed E-state index contributed by atoms with van der Waals surface area (Å²) in [4.78, 5) is 16.5. The predicted molar refractivity (Wildman–Crippen MR) is 101 cm³/mol. The van der Waals surface area contributed by atoms with Crippen LogP contribution in [0.4, 0.5) is 0 Å². The highest BCUT2D eigenvalue weighted by atomic mass is 16.5. The van der Waals surface area contributed by atoms with Crippen LogP contribution >= 0.6 is 0 Å². The zero-order valence-electron chi connectivity index (χ0n) is 14.7. The number of methoxy groups -OCH3 is 1. The number of pyridine rings is 1. The van der Waals surface area contributed by atoms with E-state index in [4.69, 9.17) is 14.2 Å². The maximum absolute atomic E-state index is 12.5. The number of ketones is 1. The lowest BCUT2D eigenvalue weighted by molar-refractivity contribution is 0.101. The molecule has 0 aliphatic carbocycles. The van der Waals surface area contributed by atoms with Crippen molar-refractivity contribution in [2.45, 2.75) is 6.61 Å². The number of allylic oxidation sites excluding steroid dienone is 1. The number of benzene rings is 2. The number of carbonyl (C=O) groups excluding carboxylic acids is 1. The molecule has 5 heteroatoms. The van der Waals surface area contributed by atoms with Crippen LogP contribution in [0.5, 0.6) is 17.2 Å². The maximum atomic E-state index is 12.5. The monoisotopic (exact) mass is 359 g/mol. The summed E-state index contributed by atoms with van der Waals surface area (Å²) in [6.45, 7) is 0.391. The Hall–Kier alpha value is -3.60. The fourth-order valence-electron chi connectivity index (χ4n) is 2.80. The first kappa shape index (κ1) is 16.8. The minimum Gasteiger partial charge on any atom is -0.497 e. The fourth-order valence-corrected chi connectivity index (χ4v) is 2.80. The van der Waals surface area contributed by atoms with Gasteiger partial charge in [0, 0.05) is 18.5 Å². The zero-order chi connectivity index (χ0) is 18.6. The van der Waals surface area contributed by atoms with Gasteiger partial charge in [0.1, 0.15) is 23.9 Å². The van der Waals surface area contributed by atoms with Crippen molar-refractivity contribution < 1.29 is 19.0 Å². The lowest BCUT2D eigenvalue weighted by Crippen LogP contribution is -1.98. The molecule has 0 fully saturated rings. The molecule has 3 aromatic rings. The molecule has 134 valence electrons. The topological polar surface area (TPSA) is 57.6 Å². The molecule has 1 aliphatic heterocycles. The number of rotatable bonds is 5. The molecule has 1 aromatic heterocycles. The van der Waals surface area contributed by atoms with Gasteiger partial charge in [0.2, 0.25) is 5.78 Å². The van der Waals surface area contributed by atoms with Crippen LogP contribution in [0.2, 0.25) is 0 Å². The van der Waals surface area contributed by atoms with E-state index in [1.54, 1.807) is 43.8 Å². The van der Waals surface area contributed by atoms with Crippen molar-refractivity contribution in [2.24, 2.45) is 0 Å². The molecule has 0 saturated carbocycles. The van der Waals surface area contributed by atoms with Crippen molar-refractivity contribution >= 4 is 11.9 Å². The summed E-state index contributed by atoms with van der Waals surface area (Å²) in [5.41, 5.74) is 2.33. The molecule has 1 aliphatic rings. The minimum absolute atomic E-state index is 0.145. The van der Waals surface area contributed by atoms with Crippen molar-refractivity contribution in [3.8, 4) is 17.2 Å². The van der Waals surface area contributed by atoms with Gasteiger partial charge in [-0.3, -0.25) is 9.78 Å². The summed E-state index contributed by atoms with van der Waals surface area (Å²) in [5.74, 6) is 2.05. The zero-order valence-corrected chi connectivity index (χ0v) is 14.7. The fraction of sp³-hybridized carbons (Fsp3) is 0.0909. The molecule has 2 heterocycles. The Labute approximate surface area is 156 Å². The van der Waals surface area contributed by atoms with Gasteiger partial charge in [0.15, 0.2) is 5.76 Å². The van der Waals surface area contributed by atoms with E-state index < -0.39 is 0 Å². The van der Waals surface area contributed by atoms with Crippen LogP contribution in [0.25, 0.3) is 6.08 Å². The Morgan fingerprint density at radius 3 is 2.81 bits per heavy atom. The Morgan fingerprint density at radius 1 is 1.07 bits per heavy atom. The summed E-state index contributed by atoms with van der Waals surface area (Å²) in [6, 6.07) is 16.6. The van der Waals surface area contributed by atoms with Crippen LogP contribution in [0.3, 0.4) is 0 Å². The van der Waals surface area contributed by atoms with Gasteiger partial charge in [-0.25, -0.2) is 0 Å². The van der Waals surface area contributed by atoms with Gasteiger partial charge in [0.25, 0.3) is 0 Å². The third kappa shape index (κ3) is 3.67. The van der Waals surface area contributed by atoms with Crippen LogP contribution in [0.15, 0.2) is 72.8 Å². The number of hydrogen-bond acceptors (Lipinski definition) is 5. The predicted octanol–water partition coefficient (Wildman–Crippen LogP) is 4.29. The van der Waals surface area contributed by atoms with Crippen LogP contribution in [-0.2, 0) is 6.61 Å². The van der Waals surface area contributed by atoms with Gasteiger partial charge in [-0.15, -0.1) is 0 Å². The van der Waals surface area contributed by atoms with Crippen LogP contribution in [-0.4, -0.2) is 17.9 Å². The van der Waals surface area contributed by atoms with Crippen molar-refractivity contribution in [3.63, 3.8) is 0 Å². The molecular formula is C22H17NO4. The SMILES string of the molecule is COc1cccc(COc2ccc3c(c2)O/C(=C\c2cccnc2)C3=O)c1. The normalized spacial score (nSPS) is 14.0. The van der Waals surface area contributed by atoms with Gasteiger partial charge in [-0.1, -0.05) is 18.2 Å². The number of Topliss-reactive ketones (excluding diaryl/α,β-unsaturated/α-hetero) is 1. The lowest BCUT2D eigenvalue weighted by atomic mass is 10.1. The van der Waals surface area contributed by atoms with E-state index in [1.165, 1.54) is 0 Å². The van der Waals surface area contributed by atoms with Crippen LogP contribution < -0.4 is 14.2 Å². The minimum atomic E-state index is -0.145. The first-order valence-electron chi connectivity index (χ1n) is 8.47. The second kappa shape index (κ2) is 7.33. The molecule has 0 N–H and O–H groups in total. The highest BCUT2D eigenvalue weighted by molar-refractivity contribution is 6.14. The maximum Gasteiger partial charge on any atom is 0.231 e. The summed E-state index contributed by atoms with van der Waals surface area (Å²) >= 11 is 0. The van der Waals surface area contributed by atoms with E-state index in [0.29, 0.717) is 23.7 Å². The van der Waals surface area contributed by atoms with E-state index in [1.807, 2.05) is 36.4 Å². The Kier molecular flexibility index (Phi) is 4.58. The van der Waals surface area contributed by atoms with Crippen molar-refractivity contribution in [1.82, 2.24) is 4.98 Å². The smallest absolute Gasteiger partial charge is 0.231 e. The van der Waals surface area contributed by atoms with Crippen molar-refractivity contribution in [1.29, 1.82) is 0 Å². The van der Waals surface area contributed by atoms with Crippen molar-refractivity contribution in [3.05, 3.63) is 89.4 Å². The standard InChI is InChI=1S/C22H17NO4/c1-25-17-6-2-4-16(10-17)14-26-18-7-8-19-20(12-18)27-21(22(19)24)11-15-5-3-9-23-13-15/h2-13H,14H2,1H3/b21-11-. The molecule has 4 rings (SSSR count). The molecule has 0 spiro atoms. The third-order valence-corrected chi connectivity index (χ3v) is 4.16. The average molecular weight is 359 g/mol.